The van der Waals surface area contributed by atoms with E-state index in [-0.39, 0.29) is 20.2 Å². The number of halogens is 5. The first-order valence-corrected chi connectivity index (χ1v) is 13.7. The molecule has 2 fully saturated rings. The largest absolute Gasteiger partial charge is 0.292 e. The number of hydrogen-bond acceptors (Lipinski definition) is 4. The fraction of sp³-hybridized carbons (Fsp3) is 0.304. The number of carbonyl (C=O) groups excluding carboxylic acids is 4. The van der Waals surface area contributed by atoms with Crippen LogP contribution in [0.5, 0.6) is 0 Å². The number of hydrogen-bond donors (Lipinski definition) is 0. The SMILES string of the molecule is O=C(CN(C(=O)c1ccc(Cl)cc1Cl)N1C(=O)[C@@H]2C[C@H](Br)[C@@H](Br)C[C@H]2C1=O)c1ccc(Br)cc1. The smallest absolute Gasteiger partial charge is 0.274 e. The average Bonchev–Trinajstić information content (AvgIpc) is 3.02. The van der Waals surface area contributed by atoms with E-state index >= 15 is 0 Å². The summed E-state index contributed by atoms with van der Waals surface area (Å²) in [7, 11) is 0. The minimum absolute atomic E-state index is 0.00436. The molecule has 2 aliphatic rings. The first-order chi connectivity index (χ1) is 16.1. The summed E-state index contributed by atoms with van der Waals surface area (Å²) in [5.41, 5.74) is 0.364. The summed E-state index contributed by atoms with van der Waals surface area (Å²) in [5.74, 6) is -3.33. The Morgan fingerprint density at radius 1 is 0.941 bits per heavy atom. The molecule has 34 heavy (non-hydrogen) atoms. The number of Topliss-reactive ketones (excluding diaryl/α,β-unsaturated/α-hetero) is 1. The van der Waals surface area contributed by atoms with Gasteiger partial charge in [0.2, 0.25) is 0 Å². The van der Waals surface area contributed by atoms with Crippen LogP contribution in [0, 0.1) is 11.8 Å². The van der Waals surface area contributed by atoms with Crippen molar-refractivity contribution in [1.82, 2.24) is 10.0 Å². The Bertz CT molecular complexity index is 1150. The van der Waals surface area contributed by atoms with Crippen LogP contribution in [-0.2, 0) is 9.59 Å². The van der Waals surface area contributed by atoms with Gasteiger partial charge in [0.15, 0.2) is 5.78 Å². The van der Waals surface area contributed by atoms with E-state index in [1.807, 2.05) is 0 Å². The molecule has 0 N–H and O–H groups in total. The third-order valence-electron chi connectivity index (χ3n) is 5.99. The first-order valence-electron chi connectivity index (χ1n) is 10.3. The van der Waals surface area contributed by atoms with Crippen LogP contribution in [0.4, 0.5) is 0 Å². The Morgan fingerprint density at radius 2 is 1.50 bits per heavy atom. The number of nitrogens with zero attached hydrogens (tertiary/aromatic N) is 2. The van der Waals surface area contributed by atoms with Crippen molar-refractivity contribution in [2.45, 2.75) is 22.5 Å². The van der Waals surface area contributed by atoms with Crippen LogP contribution in [0.2, 0.25) is 10.0 Å². The molecule has 1 saturated carbocycles. The molecule has 1 heterocycles. The van der Waals surface area contributed by atoms with Gasteiger partial charge in [-0.1, -0.05) is 83.1 Å². The van der Waals surface area contributed by atoms with Gasteiger partial charge < -0.3 is 0 Å². The van der Waals surface area contributed by atoms with Gasteiger partial charge in [0.1, 0.15) is 6.54 Å². The lowest BCUT2D eigenvalue weighted by Gasteiger charge is -2.30. The van der Waals surface area contributed by atoms with Gasteiger partial charge in [-0.3, -0.25) is 19.2 Å². The number of carbonyl (C=O) groups is 4. The number of amides is 3. The normalized spacial score (nSPS) is 24.2. The van der Waals surface area contributed by atoms with Gasteiger partial charge in [-0.15, -0.1) is 0 Å². The van der Waals surface area contributed by atoms with E-state index in [0.717, 1.165) is 14.5 Å². The summed E-state index contributed by atoms with van der Waals surface area (Å²) in [6, 6.07) is 10.9. The quantitative estimate of drug-likeness (QED) is 0.221. The lowest BCUT2D eigenvalue weighted by atomic mass is 9.81. The van der Waals surface area contributed by atoms with Crippen molar-refractivity contribution in [2.75, 3.05) is 6.54 Å². The Kier molecular flexibility index (Phi) is 7.89. The highest BCUT2D eigenvalue weighted by molar-refractivity contribution is 9.12. The molecule has 178 valence electrons. The highest BCUT2D eigenvalue weighted by Gasteiger charge is 2.54. The molecule has 3 amide bonds. The summed E-state index contributed by atoms with van der Waals surface area (Å²) < 4.78 is 0.785. The molecule has 6 nitrogen and oxygen atoms in total. The van der Waals surface area contributed by atoms with Gasteiger partial charge in [0.05, 0.1) is 22.4 Å². The molecule has 4 atom stereocenters. The van der Waals surface area contributed by atoms with Crippen LogP contribution in [-0.4, -0.2) is 49.7 Å². The van der Waals surface area contributed by atoms with E-state index in [2.05, 4.69) is 47.8 Å². The maximum Gasteiger partial charge on any atom is 0.274 e. The average molecular weight is 696 g/mol. The van der Waals surface area contributed by atoms with Gasteiger partial charge >= 0.3 is 0 Å². The molecule has 1 saturated heterocycles. The minimum atomic E-state index is -0.738. The number of benzene rings is 2. The third-order valence-corrected chi connectivity index (χ3v) is 9.80. The summed E-state index contributed by atoms with van der Waals surface area (Å²) in [6.45, 7) is -0.508. The second-order valence-corrected chi connectivity index (χ2v) is 12.2. The first kappa shape index (κ1) is 25.8. The van der Waals surface area contributed by atoms with Crippen LogP contribution in [0.15, 0.2) is 46.9 Å². The van der Waals surface area contributed by atoms with Gasteiger partial charge in [0.25, 0.3) is 17.7 Å². The number of imide groups is 1. The highest BCUT2D eigenvalue weighted by Crippen LogP contribution is 2.44. The Hall–Kier alpha value is -1.26. The summed E-state index contributed by atoms with van der Waals surface area (Å²) in [5, 5.41) is 2.13. The number of fused-ring (bicyclic) bond motifs is 1. The lowest BCUT2D eigenvalue weighted by Crippen LogP contribution is -2.52. The van der Waals surface area contributed by atoms with Crippen molar-refractivity contribution in [1.29, 1.82) is 0 Å². The van der Waals surface area contributed by atoms with Crippen molar-refractivity contribution in [2.24, 2.45) is 11.8 Å². The molecular weight excluding hydrogens is 679 g/mol. The molecule has 0 bridgehead atoms. The van der Waals surface area contributed by atoms with E-state index in [4.69, 9.17) is 23.2 Å². The Morgan fingerprint density at radius 3 is 2.03 bits per heavy atom. The zero-order valence-corrected chi connectivity index (χ0v) is 23.7. The van der Waals surface area contributed by atoms with Crippen LogP contribution in [0.3, 0.4) is 0 Å². The Labute approximate surface area is 231 Å². The Balaban J connectivity index is 1.72. The fourth-order valence-corrected chi connectivity index (χ4v) is 6.20. The van der Waals surface area contributed by atoms with Crippen molar-refractivity contribution in [3.8, 4) is 0 Å². The third kappa shape index (κ3) is 5.00. The zero-order chi connectivity index (χ0) is 24.7. The summed E-state index contributed by atoms with van der Waals surface area (Å²) in [4.78, 5) is 53.5. The van der Waals surface area contributed by atoms with Gasteiger partial charge in [-0.25, -0.2) is 5.01 Å². The van der Waals surface area contributed by atoms with E-state index < -0.39 is 41.9 Å². The van der Waals surface area contributed by atoms with Crippen molar-refractivity contribution < 1.29 is 19.2 Å². The topological polar surface area (TPSA) is 74.8 Å². The maximum absolute atomic E-state index is 13.6. The van der Waals surface area contributed by atoms with Gasteiger partial charge in [-0.05, 0) is 43.2 Å². The molecule has 2 aromatic carbocycles. The van der Waals surface area contributed by atoms with E-state index in [1.165, 1.54) is 18.2 Å². The van der Waals surface area contributed by atoms with E-state index in [0.29, 0.717) is 23.4 Å². The van der Waals surface area contributed by atoms with Crippen molar-refractivity contribution in [3.63, 3.8) is 0 Å². The van der Waals surface area contributed by atoms with Gasteiger partial charge in [0, 0.05) is 24.7 Å². The number of alkyl halides is 2. The number of hydrazine groups is 1. The zero-order valence-electron chi connectivity index (χ0n) is 17.4. The molecular formula is C23H17Br3Cl2N2O4. The molecule has 0 aromatic heterocycles. The van der Waals surface area contributed by atoms with Crippen LogP contribution in [0.25, 0.3) is 0 Å². The minimum Gasteiger partial charge on any atom is -0.292 e. The standard InChI is InChI=1S/C23H17Br3Cl2N2O4/c24-12-3-1-11(2-4-12)20(31)10-29(21(32)14-6-5-13(27)7-19(14)28)30-22(33)15-8-17(25)18(26)9-16(15)23(30)34/h1-7,15-18H,8-10H2/t15-,16-,17+,18+/m1/s1. The van der Waals surface area contributed by atoms with Crippen LogP contribution >= 0.6 is 71.0 Å². The fourth-order valence-electron chi connectivity index (χ4n) is 4.21. The molecule has 2 aromatic rings. The summed E-state index contributed by atoms with van der Waals surface area (Å²) >= 11 is 22.7. The predicted molar refractivity (Wildman–Crippen MR) is 139 cm³/mol. The highest BCUT2D eigenvalue weighted by atomic mass is 79.9. The van der Waals surface area contributed by atoms with Crippen LogP contribution < -0.4 is 0 Å². The van der Waals surface area contributed by atoms with Crippen molar-refractivity contribution in [3.05, 3.63) is 68.1 Å². The number of rotatable bonds is 5. The predicted octanol–water partition coefficient (Wildman–Crippen LogP) is 5.92. The molecule has 4 rings (SSSR count). The molecule has 0 spiro atoms. The number of ketones is 1. The second-order valence-electron chi connectivity index (χ2n) is 8.12. The lowest BCUT2D eigenvalue weighted by molar-refractivity contribution is -0.154. The van der Waals surface area contributed by atoms with Crippen molar-refractivity contribution >= 4 is 94.5 Å². The monoisotopic (exact) mass is 692 g/mol. The molecule has 1 aliphatic carbocycles. The molecule has 11 heteroatoms. The van der Waals surface area contributed by atoms with E-state index in [9.17, 15) is 19.2 Å². The maximum atomic E-state index is 13.6. The molecule has 0 radical (unpaired) electrons. The van der Waals surface area contributed by atoms with Crippen LogP contribution in [0.1, 0.15) is 33.6 Å². The molecule has 1 aliphatic heterocycles. The van der Waals surface area contributed by atoms with E-state index in [1.54, 1.807) is 24.3 Å². The van der Waals surface area contributed by atoms with Gasteiger partial charge in [-0.2, -0.15) is 5.01 Å². The second kappa shape index (κ2) is 10.4. The summed E-state index contributed by atoms with van der Waals surface area (Å²) in [6.07, 6.45) is 0.873. The molecule has 0 unspecified atom stereocenters.